The molecule has 0 amide bonds. The first-order valence-corrected chi connectivity index (χ1v) is 11.9. The normalized spacial score (nSPS) is 28.7. The fourth-order valence-electron chi connectivity index (χ4n) is 4.89. The van der Waals surface area contributed by atoms with Gasteiger partial charge in [-0.05, 0) is 32.4 Å². The number of nitrogens with one attached hydrogen (secondary N) is 1. The average molecular weight is 515 g/mol. The number of anilines is 1. The molecule has 37 heavy (non-hydrogen) atoms. The number of hydrogen-bond acceptors (Lipinski definition) is 8. The van der Waals surface area contributed by atoms with E-state index in [9.17, 15) is 13.2 Å². The summed E-state index contributed by atoms with van der Waals surface area (Å²) >= 11 is 0. The number of ether oxygens (including phenoxy) is 4. The second kappa shape index (κ2) is 8.95. The van der Waals surface area contributed by atoms with E-state index in [1.54, 1.807) is 24.7 Å². The van der Waals surface area contributed by atoms with Gasteiger partial charge in [-0.15, -0.1) is 0 Å². The molecular formula is C25H24F3N5O4. The zero-order valence-corrected chi connectivity index (χ0v) is 20.0. The highest BCUT2D eigenvalue weighted by molar-refractivity contribution is 5.82. The van der Waals surface area contributed by atoms with Crippen LogP contribution in [0.25, 0.3) is 11.2 Å². The first kappa shape index (κ1) is 24.1. The lowest BCUT2D eigenvalue weighted by molar-refractivity contribution is -0.190. The van der Waals surface area contributed by atoms with Gasteiger partial charge in [0.25, 0.3) is 0 Å². The molecule has 12 heteroatoms. The van der Waals surface area contributed by atoms with E-state index in [0.717, 1.165) is 12.5 Å². The topological polar surface area (TPSA) is 92.6 Å². The number of nitrogens with zero attached hydrogens (tertiary/aromatic N) is 4. The summed E-state index contributed by atoms with van der Waals surface area (Å²) in [6.45, 7) is 4.81. The van der Waals surface area contributed by atoms with E-state index in [1.165, 1.54) is 24.5 Å². The maximum absolute atomic E-state index is 13.4. The second-order valence-electron chi connectivity index (χ2n) is 9.58. The molecule has 5 heterocycles. The van der Waals surface area contributed by atoms with E-state index in [0.29, 0.717) is 30.2 Å². The van der Waals surface area contributed by atoms with Crippen molar-refractivity contribution in [2.75, 3.05) is 18.5 Å². The van der Waals surface area contributed by atoms with Gasteiger partial charge in [0.05, 0.1) is 24.5 Å². The number of fused-ring (bicyclic) bond motifs is 2. The largest absolute Gasteiger partial charge is 0.417 e. The predicted octanol–water partition coefficient (Wildman–Crippen LogP) is 3.52. The summed E-state index contributed by atoms with van der Waals surface area (Å²) in [6.07, 6.45) is -3.41. The SMILES string of the molecule is CC1(C)O[C@@H]2[C@H](O1)[C@@H](C#Cc1ccccc1C(F)(F)F)O[C@H]2n1cnc2c(NC3CCOC3)ncnc21. The van der Waals surface area contributed by atoms with E-state index in [2.05, 4.69) is 32.1 Å². The summed E-state index contributed by atoms with van der Waals surface area (Å²) < 4.78 is 65.9. The minimum atomic E-state index is -4.52. The Morgan fingerprint density at radius 1 is 1.11 bits per heavy atom. The molecule has 6 rings (SSSR count). The lowest BCUT2D eigenvalue weighted by Gasteiger charge is -2.23. The van der Waals surface area contributed by atoms with Crippen LogP contribution in [0.1, 0.15) is 37.6 Å². The summed E-state index contributed by atoms with van der Waals surface area (Å²) in [5.74, 6) is 5.15. The molecule has 3 aliphatic heterocycles. The van der Waals surface area contributed by atoms with Crippen molar-refractivity contribution < 1.29 is 32.1 Å². The van der Waals surface area contributed by atoms with Crippen LogP contribution in [0.15, 0.2) is 36.9 Å². The van der Waals surface area contributed by atoms with Crippen LogP contribution < -0.4 is 5.32 Å². The molecule has 1 N–H and O–H groups in total. The zero-order chi connectivity index (χ0) is 25.8. The third kappa shape index (κ3) is 4.53. The first-order valence-electron chi connectivity index (χ1n) is 11.9. The average Bonchev–Trinajstić information content (AvgIpc) is 3.62. The van der Waals surface area contributed by atoms with E-state index in [-0.39, 0.29) is 11.6 Å². The number of imidazole rings is 1. The molecule has 0 bridgehead atoms. The molecule has 3 aliphatic rings. The second-order valence-corrected chi connectivity index (χ2v) is 9.58. The highest BCUT2D eigenvalue weighted by Gasteiger charge is 2.56. The van der Waals surface area contributed by atoms with Gasteiger partial charge in [-0.1, -0.05) is 24.0 Å². The maximum atomic E-state index is 13.4. The molecule has 9 nitrogen and oxygen atoms in total. The van der Waals surface area contributed by atoms with Crippen LogP contribution in [0, 0.1) is 11.8 Å². The smallest absolute Gasteiger partial charge is 0.379 e. The van der Waals surface area contributed by atoms with Crippen molar-refractivity contribution in [2.45, 2.75) is 62.8 Å². The third-order valence-electron chi connectivity index (χ3n) is 6.51. The molecule has 2 aromatic heterocycles. The zero-order valence-electron chi connectivity index (χ0n) is 20.0. The molecular weight excluding hydrogens is 491 g/mol. The van der Waals surface area contributed by atoms with Crippen LogP contribution in [0.4, 0.5) is 19.0 Å². The fraction of sp³-hybridized carbons (Fsp3) is 0.480. The molecule has 3 saturated heterocycles. The minimum Gasteiger partial charge on any atom is -0.379 e. The standard InChI is InChI=1S/C25H24F3N5O4/c1-24(2)36-19-17(8-7-14-5-3-4-6-16(14)25(26,27)28)35-23(20(19)37-24)33-13-31-18-21(29-12-30-22(18)33)32-15-9-10-34-11-15/h3-6,12-13,15,17,19-20,23H,9-11H2,1-2H3,(H,29,30,32)/t15?,17-,19-,20-,23-/m1/s1. The van der Waals surface area contributed by atoms with Crippen molar-refractivity contribution in [1.82, 2.24) is 19.5 Å². The molecule has 0 aliphatic carbocycles. The minimum absolute atomic E-state index is 0.127. The summed E-state index contributed by atoms with van der Waals surface area (Å²) in [4.78, 5) is 13.3. The Labute approximate surface area is 210 Å². The summed E-state index contributed by atoms with van der Waals surface area (Å²) in [5.41, 5.74) is 0.137. The molecule has 3 aromatic rings. The number of rotatable bonds is 3. The van der Waals surface area contributed by atoms with E-state index < -0.39 is 42.1 Å². The van der Waals surface area contributed by atoms with Crippen molar-refractivity contribution in [3.63, 3.8) is 0 Å². The Morgan fingerprint density at radius 2 is 1.92 bits per heavy atom. The summed E-state index contributed by atoms with van der Waals surface area (Å²) in [7, 11) is 0. The van der Waals surface area contributed by atoms with Crippen molar-refractivity contribution in [2.24, 2.45) is 0 Å². The van der Waals surface area contributed by atoms with Crippen molar-refractivity contribution >= 4 is 17.0 Å². The summed E-state index contributed by atoms with van der Waals surface area (Å²) in [6, 6.07) is 5.31. The van der Waals surface area contributed by atoms with Crippen LogP contribution in [0.2, 0.25) is 0 Å². The fourth-order valence-corrected chi connectivity index (χ4v) is 4.89. The first-order chi connectivity index (χ1) is 17.7. The molecule has 0 spiro atoms. The molecule has 1 unspecified atom stereocenters. The number of alkyl halides is 3. The molecule has 0 saturated carbocycles. The van der Waals surface area contributed by atoms with Crippen molar-refractivity contribution in [1.29, 1.82) is 0 Å². The highest BCUT2D eigenvalue weighted by atomic mass is 19.4. The Morgan fingerprint density at radius 3 is 2.70 bits per heavy atom. The van der Waals surface area contributed by atoms with Crippen molar-refractivity contribution in [3.8, 4) is 11.8 Å². The predicted molar refractivity (Wildman–Crippen MR) is 124 cm³/mol. The van der Waals surface area contributed by atoms with Gasteiger partial charge in [-0.25, -0.2) is 15.0 Å². The molecule has 5 atom stereocenters. The van der Waals surface area contributed by atoms with Gasteiger partial charge in [0.2, 0.25) is 0 Å². The number of hydrogen-bond donors (Lipinski definition) is 1. The van der Waals surface area contributed by atoms with E-state index in [1.807, 2.05) is 0 Å². The van der Waals surface area contributed by atoms with Crippen LogP contribution in [-0.4, -0.2) is 62.9 Å². The number of halogens is 3. The Balaban J connectivity index is 1.33. The molecule has 0 radical (unpaired) electrons. The number of benzene rings is 1. The van der Waals surface area contributed by atoms with Gasteiger partial charge in [0.1, 0.15) is 24.6 Å². The van der Waals surface area contributed by atoms with Crippen molar-refractivity contribution in [3.05, 3.63) is 48.0 Å². The van der Waals surface area contributed by atoms with Gasteiger partial charge in [-0.2, -0.15) is 13.2 Å². The molecule has 194 valence electrons. The molecule has 3 fully saturated rings. The lowest BCUT2D eigenvalue weighted by atomic mass is 10.1. The highest BCUT2D eigenvalue weighted by Crippen LogP contribution is 2.44. The maximum Gasteiger partial charge on any atom is 0.417 e. The van der Waals surface area contributed by atoms with Gasteiger partial charge >= 0.3 is 6.18 Å². The van der Waals surface area contributed by atoms with Gasteiger partial charge < -0.3 is 24.3 Å². The van der Waals surface area contributed by atoms with Crippen LogP contribution >= 0.6 is 0 Å². The lowest BCUT2D eigenvalue weighted by Crippen LogP contribution is -2.28. The van der Waals surface area contributed by atoms with Gasteiger partial charge in [-0.3, -0.25) is 4.57 Å². The van der Waals surface area contributed by atoms with E-state index in [4.69, 9.17) is 18.9 Å². The number of aromatic nitrogens is 4. The quantitative estimate of drug-likeness (QED) is 0.530. The Bertz CT molecular complexity index is 1380. The van der Waals surface area contributed by atoms with Gasteiger partial charge in [0.15, 0.2) is 29.0 Å². The van der Waals surface area contributed by atoms with Gasteiger partial charge in [0, 0.05) is 12.2 Å². The Kier molecular flexibility index (Phi) is 5.83. The monoisotopic (exact) mass is 515 g/mol. The van der Waals surface area contributed by atoms with Crippen LogP contribution in [0.3, 0.4) is 0 Å². The summed E-state index contributed by atoms with van der Waals surface area (Å²) in [5, 5.41) is 3.35. The van der Waals surface area contributed by atoms with Crippen LogP contribution in [-0.2, 0) is 25.1 Å². The Hall–Kier alpha value is -3.24. The van der Waals surface area contributed by atoms with E-state index >= 15 is 0 Å². The molecule has 1 aromatic carbocycles. The third-order valence-corrected chi connectivity index (χ3v) is 6.51. The van der Waals surface area contributed by atoms with Crippen LogP contribution in [0.5, 0.6) is 0 Å².